The van der Waals surface area contributed by atoms with Crippen molar-refractivity contribution in [2.24, 2.45) is 0 Å². The van der Waals surface area contributed by atoms with Crippen LogP contribution in [0.25, 0.3) is 0 Å². The molecule has 0 amide bonds. The van der Waals surface area contributed by atoms with Gasteiger partial charge in [-0.05, 0) is 5.56 Å². The zero-order chi connectivity index (χ0) is 5.82. The van der Waals surface area contributed by atoms with Crippen molar-refractivity contribution in [3.8, 4) is 0 Å². The van der Waals surface area contributed by atoms with Crippen LogP contribution in [0.15, 0.2) is 30.3 Å². The van der Waals surface area contributed by atoms with Gasteiger partial charge in [0, 0.05) is 21.7 Å². The first kappa shape index (κ1) is 23.0. The number of aliphatic hydroxyl groups excluding tert-OH is 1. The number of aliphatic hydroxyl groups is 1. The summed E-state index contributed by atoms with van der Waals surface area (Å²) < 4.78 is 0. The van der Waals surface area contributed by atoms with Crippen molar-refractivity contribution in [2.75, 3.05) is 0 Å². The van der Waals surface area contributed by atoms with Crippen LogP contribution in [0.5, 0.6) is 0 Å². The van der Waals surface area contributed by atoms with Gasteiger partial charge in [-0.15, -0.1) is 37.2 Å². The van der Waals surface area contributed by atoms with Gasteiger partial charge in [-0.25, -0.2) is 0 Å². The molecule has 1 aromatic carbocycles. The summed E-state index contributed by atoms with van der Waals surface area (Å²) in [7, 11) is 0. The van der Waals surface area contributed by atoms with E-state index in [2.05, 4.69) is 0 Å². The molecule has 12 heavy (non-hydrogen) atoms. The van der Waals surface area contributed by atoms with E-state index in [-0.39, 0.29) is 65.5 Å². The van der Waals surface area contributed by atoms with Crippen molar-refractivity contribution in [1.29, 1.82) is 0 Å². The minimum Gasteiger partial charge on any atom is -0.392 e. The molecule has 1 N–H and O–H groups in total. The maximum atomic E-state index is 8.54. The van der Waals surface area contributed by atoms with Crippen LogP contribution in [0.1, 0.15) is 5.56 Å². The Labute approximate surface area is 106 Å². The third kappa shape index (κ3) is 8.86. The average Bonchev–Trinajstić information content (AvgIpc) is 1.90. The second-order valence-corrected chi connectivity index (χ2v) is 1.64. The molecule has 1 nitrogen and oxygen atoms in total. The van der Waals surface area contributed by atoms with Gasteiger partial charge in [0.25, 0.3) is 0 Å². The van der Waals surface area contributed by atoms with E-state index < -0.39 is 0 Å². The topological polar surface area (TPSA) is 20.2 Å². The van der Waals surface area contributed by atoms with Crippen molar-refractivity contribution >= 4 is 37.2 Å². The van der Waals surface area contributed by atoms with E-state index in [4.69, 9.17) is 5.11 Å². The maximum Gasteiger partial charge on any atom is 0.0681 e. The van der Waals surface area contributed by atoms with Crippen LogP contribution in [0.2, 0.25) is 0 Å². The van der Waals surface area contributed by atoms with Crippen LogP contribution in [0.3, 0.4) is 0 Å². The van der Waals surface area contributed by atoms with E-state index in [1.807, 2.05) is 30.3 Å². The first-order valence-electron chi connectivity index (χ1n) is 2.58. The summed E-state index contributed by atoms with van der Waals surface area (Å²) in [6.45, 7) is 0.140. The fraction of sp³-hybridized carbons (Fsp3) is 0.143. The van der Waals surface area contributed by atoms with Crippen LogP contribution < -0.4 is 0 Å². The molecule has 1 rings (SSSR count). The van der Waals surface area contributed by atoms with Crippen LogP contribution in [-0.2, 0) is 28.3 Å². The van der Waals surface area contributed by atoms with Crippen molar-refractivity contribution in [2.45, 2.75) is 6.61 Å². The number of hydrogen-bond acceptors (Lipinski definition) is 1. The summed E-state index contributed by atoms with van der Waals surface area (Å²) in [4.78, 5) is 0. The standard InChI is InChI=1S/C7H8O.3ClH.Ti/c8-6-7-4-2-1-3-5-7;;;;/h1-5,8H,6H2;3*1H;. The van der Waals surface area contributed by atoms with Gasteiger partial charge in [-0.1, -0.05) is 30.3 Å². The Morgan fingerprint density at radius 2 is 1.33 bits per heavy atom. The van der Waals surface area contributed by atoms with Gasteiger partial charge in [0.15, 0.2) is 0 Å². The van der Waals surface area contributed by atoms with Crippen LogP contribution in [0, 0.1) is 0 Å². The normalized spacial score (nSPS) is 6.08. The summed E-state index contributed by atoms with van der Waals surface area (Å²) in [6.07, 6.45) is 0. The van der Waals surface area contributed by atoms with E-state index in [1.165, 1.54) is 0 Å². The molecule has 0 spiro atoms. The molecule has 0 atom stereocenters. The Morgan fingerprint density at radius 1 is 0.917 bits per heavy atom. The Kier molecular flexibility index (Phi) is 27.4. The van der Waals surface area contributed by atoms with Crippen molar-refractivity contribution in [3.63, 3.8) is 0 Å². The minimum atomic E-state index is 0. The number of halogens is 3. The second-order valence-electron chi connectivity index (χ2n) is 1.64. The fourth-order valence-corrected chi connectivity index (χ4v) is 0.583. The molecule has 0 bridgehead atoms. The molecule has 1 aromatic rings. The Bertz CT molecular complexity index is 160. The number of hydrogen-bond donors (Lipinski definition) is 1. The molecule has 0 fully saturated rings. The molecule has 0 saturated carbocycles. The molecule has 0 unspecified atom stereocenters. The molecule has 0 heterocycles. The van der Waals surface area contributed by atoms with E-state index in [0.29, 0.717) is 0 Å². The summed E-state index contributed by atoms with van der Waals surface area (Å²) >= 11 is 0. The van der Waals surface area contributed by atoms with Gasteiger partial charge < -0.3 is 5.11 Å². The molecule has 0 aliphatic rings. The van der Waals surface area contributed by atoms with Gasteiger partial charge in [-0.2, -0.15) is 0 Å². The Hall–Kier alpha value is 0.764. The summed E-state index contributed by atoms with van der Waals surface area (Å²) in [5.74, 6) is 0. The quantitative estimate of drug-likeness (QED) is 0.773. The van der Waals surface area contributed by atoms with Gasteiger partial charge >= 0.3 is 0 Å². The third-order valence-corrected chi connectivity index (χ3v) is 1.03. The Balaban J connectivity index is -0.0000000800. The molecular weight excluding hydrogens is 254 g/mol. The van der Waals surface area contributed by atoms with Crippen LogP contribution in [0.4, 0.5) is 0 Å². The molecule has 0 aromatic heterocycles. The monoisotopic (exact) mass is 264 g/mol. The van der Waals surface area contributed by atoms with E-state index in [1.54, 1.807) is 0 Å². The van der Waals surface area contributed by atoms with E-state index in [0.717, 1.165) is 5.56 Å². The number of rotatable bonds is 1. The smallest absolute Gasteiger partial charge is 0.0681 e. The Morgan fingerprint density at radius 3 is 1.58 bits per heavy atom. The first-order chi connectivity index (χ1) is 3.93. The summed E-state index contributed by atoms with van der Waals surface area (Å²) in [5, 5.41) is 8.54. The van der Waals surface area contributed by atoms with Crippen LogP contribution >= 0.6 is 37.2 Å². The van der Waals surface area contributed by atoms with Crippen molar-refractivity contribution in [3.05, 3.63) is 35.9 Å². The van der Waals surface area contributed by atoms with Gasteiger partial charge in [0.05, 0.1) is 6.61 Å². The molecule has 0 saturated heterocycles. The van der Waals surface area contributed by atoms with Gasteiger partial charge in [0.2, 0.25) is 0 Å². The van der Waals surface area contributed by atoms with E-state index in [9.17, 15) is 0 Å². The molecule has 0 aliphatic heterocycles. The molecule has 0 radical (unpaired) electrons. The van der Waals surface area contributed by atoms with E-state index >= 15 is 0 Å². The summed E-state index contributed by atoms with van der Waals surface area (Å²) in [6, 6.07) is 9.52. The predicted octanol–water partition coefficient (Wildman–Crippen LogP) is 2.44. The zero-order valence-corrected chi connectivity index (χ0v) is 10.3. The SMILES string of the molecule is Cl.Cl.Cl.OCc1ccccc1.[Ti]. The summed E-state index contributed by atoms with van der Waals surface area (Å²) in [5.41, 5.74) is 0.965. The minimum absolute atomic E-state index is 0. The van der Waals surface area contributed by atoms with Crippen molar-refractivity contribution < 1.29 is 26.8 Å². The first-order valence-corrected chi connectivity index (χ1v) is 2.58. The predicted molar refractivity (Wildman–Crippen MR) is 54.1 cm³/mol. The third-order valence-electron chi connectivity index (χ3n) is 1.03. The van der Waals surface area contributed by atoms with Gasteiger partial charge in [0.1, 0.15) is 0 Å². The second kappa shape index (κ2) is 14.3. The zero-order valence-electron chi connectivity index (χ0n) is 6.27. The molecular formula is C7H11Cl3OTi. The number of benzene rings is 1. The maximum absolute atomic E-state index is 8.54. The molecule has 0 aliphatic carbocycles. The molecule has 70 valence electrons. The largest absolute Gasteiger partial charge is 0.392 e. The average molecular weight is 265 g/mol. The fourth-order valence-electron chi connectivity index (χ4n) is 0.583. The van der Waals surface area contributed by atoms with Gasteiger partial charge in [-0.3, -0.25) is 0 Å². The van der Waals surface area contributed by atoms with Crippen molar-refractivity contribution in [1.82, 2.24) is 0 Å². The van der Waals surface area contributed by atoms with Crippen LogP contribution in [-0.4, -0.2) is 5.11 Å². The molecule has 5 heteroatoms.